The van der Waals surface area contributed by atoms with Crippen molar-refractivity contribution in [3.8, 4) is 5.69 Å². The molecule has 1 N–H and O–H groups in total. The fraction of sp³-hybridized carbons (Fsp3) is 0.333. The second-order valence-electron chi connectivity index (χ2n) is 7.65. The summed E-state index contributed by atoms with van der Waals surface area (Å²) in [5, 5.41) is 8.49. The second-order valence-corrected chi connectivity index (χ2v) is 9.40. The quantitative estimate of drug-likeness (QED) is 0.651. The fourth-order valence-corrected chi connectivity index (χ4v) is 4.36. The maximum Gasteiger partial charge on any atom is 0.229 e. The van der Waals surface area contributed by atoms with Crippen LogP contribution in [0.2, 0.25) is 0 Å². The summed E-state index contributed by atoms with van der Waals surface area (Å²) in [4.78, 5) is 2.33. The van der Waals surface area contributed by atoms with E-state index in [9.17, 15) is 12.8 Å². The van der Waals surface area contributed by atoms with Gasteiger partial charge in [-0.2, -0.15) is 0 Å². The smallest absolute Gasteiger partial charge is 0.229 e. The fourth-order valence-electron chi connectivity index (χ4n) is 3.81. The Kier molecular flexibility index (Phi) is 5.83. The van der Waals surface area contributed by atoms with Crippen LogP contribution in [0.15, 0.2) is 54.7 Å². The first kappa shape index (κ1) is 20.5. The number of sulfonamides is 1. The number of para-hydroxylation sites is 1. The lowest BCUT2D eigenvalue weighted by Gasteiger charge is -2.31. The van der Waals surface area contributed by atoms with Crippen LogP contribution in [0.1, 0.15) is 30.0 Å². The third-order valence-electron chi connectivity index (χ3n) is 5.29. The molecule has 0 aliphatic carbocycles. The molecule has 1 aromatic heterocycles. The Labute approximate surface area is 175 Å². The topological polar surface area (TPSA) is 80.1 Å². The van der Waals surface area contributed by atoms with Crippen molar-refractivity contribution in [2.45, 2.75) is 25.3 Å². The van der Waals surface area contributed by atoms with Crippen LogP contribution in [0, 0.1) is 5.82 Å². The number of hydrogen-bond donors (Lipinski definition) is 1. The van der Waals surface area contributed by atoms with Gasteiger partial charge in [-0.05, 0) is 61.7 Å². The highest BCUT2D eigenvalue weighted by atomic mass is 32.2. The summed E-state index contributed by atoms with van der Waals surface area (Å²) in [5.74, 6) is -0.301. The highest BCUT2D eigenvalue weighted by Crippen LogP contribution is 2.31. The van der Waals surface area contributed by atoms with E-state index in [1.54, 1.807) is 16.8 Å². The van der Waals surface area contributed by atoms with Crippen LogP contribution in [-0.2, 0) is 16.6 Å². The van der Waals surface area contributed by atoms with Crippen LogP contribution in [0.25, 0.3) is 5.69 Å². The maximum absolute atomic E-state index is 13.9. The standard InChI is InChI=1S/C21H24FN5O2S/c1-30(28,29)24-21-13-17(7-8-20(21)22)16-9-11-26(12-10-16)14-18-15-27(25-23-18)19-5-3-2-4-6-19/h2-8,13,15-16,24H,9-12,14H2,1H3. The molecule has 3 aromatic rings. The van der Waals surface area contributed by atoms with Crippen LogP contribution in [-0.4, -0.2) is 47.7 Å². The minimum absolute atomic E-state index is 0.00922. The molecule has 9 heteroatoms. The average molecular weight is 430 g/mol. The van der Waals surface area contributed by atoms with E-state index in [2.05, 4.69) is 19.9 Å². The average Bonchev–Trinajstić information content (AvgIpc) is 3.18. The molecule has 2 aromatic carbocycles. The molecule has 7 nitrogen and oxygen atoms in total. The lowest BCUT2D eigenvalue weighted by Crippen LogP contribution is -2.32. The van der Waals surface area contributed by atoms with Crippen molar-refractivity contribution >= 4 is 15.7 Å². The van der Waals surface area contributed by atoms with E-state index in [-0.39, 0.29) is 11.6 Å². The Morgan fingerprint density at radius 3 is 2.57 bits per heavy atom. The molecule has 0 radical (unpaired) electrons. The predicted octanol–water partition coefficient (Wildman–Crippen LogP) is 3.16. The van der Waals surface area contributed by atoms with Gasteiger partial charge >= 0.3 is 0 Å². The second kappa shape index (κ2) is 8.53. The number of hydrogen-bond acceptors (Lipinski definition) is 5. The Morgan fingerprint density at radius 1 is 1.13 bits per heavy atom. The monoisotopic (exact) mass is 429 g/mol. The number of piperidine rings is 1. The van der Waals surface area contributed by atoms with Gasteiger partial charge < -0.3 is 0 Å². The molecule has 158 valence electrons. The normalized spacial score (nSPS) is 15.9. The van der Waals surface area contributed by atoms with Crippen molar-refractivity contribution < 1.29 is 12.8 Å². The van der Waals surface area contributed by atoms with Gasteiger partial charge in [0.25, 0.3) is 0 Å². The van der Waals surface area contributed by atoms with Gasteiger partial charge in [0, 0.05) is 6.54 Å². The molecule has 0 amide bonds. The Bertz CT molecular complexity index is 1110. The summed E-state index contributed by atoms with van der Waals surface area (Å²) < 4.78 is 40.9. The molecule has 0 bridgehead atoms. The first-order valence-electron chi connectivity index (χ1n) is 9.83. The first-order chi connectivity index (χ1) is 14.4. The number of aromatic nitrogens is 3. The van der Waals surface area contributed by atoms with Crippen LogP contribution in [0.5, 0.6) is 0 Å². The van der Waals surface area contributed by atoms with E-state index in [0.29, 0.717) is 0 Å². The maximum atomic E-state index is 13.9. The number of anilines is 1. The molecule has 0 spiro atoms. The Hall–Kier alpha value is -2.78. The summed E-state index contributed by atoms with van der Waals surface area (Å²) in [6.45, 7) is 2.49. The zero-order valence-electron chi connectivity index (χ0n) is 16.7. The summed E-state index contributed by atoms with van der Waals surface area (Å²) in [7, 11) is -3.52. The Balaban J connectivity index is 1.37. The van der Waals surface area contributed by atoms with Crippen molar-refractivity contribution in [1.29, 1.82) is 0 Å². The molecule has 0 saturated carbocycles. The summed E-state index contributed by atoms with van der Waals surface area (Å²) in [5.41, 5.74) is 2.86. The van der Waals surface area contributed by atoms with Crippen LogP contribution in [0.3, 0.4) is 0 Å². The van der Waals surface area contributed by atoms with Crippen LogP contribution in [0.4, 0.5) is 10.1 Å². The molecular weight excluding hydrogens is 405 g/mol. The largest absolute Gasteiger partial charge is 0.297 e. The van der Waals surface area contributed by atoms with Gasteiger partial charge in [0.15, 0.2) is 0 Å². The zero-order chi connectivity index (χ0) is 21.1. The van der Waals surface area contributed by atoms with E-state index in [4.69, 9.17) is 0 Å². The van der Waals surface area contributed by atoms with Gasteiger partial charge in [-0.25, -0.2) is 17.5 Å². The van der Waals surface area contributed by atoms with E-state index in [0.717, 1.165) is 55.7 Å². The lowest BCUT2D eigenvalue weighted by molar-refractivity contribution is 0.202. The van der Waals surface area contributed by atoms with E-state index < -0.39 is 15.8 Å². The number of nitrogens with zero attached hydrogens (tertiary/aromatic N) is 4. The molecule has 0 unspecified atom stereocenters. The number of rotatable bonds is 6. The van der Waals surface area contributed by atoms with Gasteiger partial charge in [0.2, 0.25) is 10.0 Å². The lowest BCUT2D eigenvalue weighted by atomic mass is 9.89. The van der Waals surface area contributed by atoms with Gasteiger partial charge in [0.05, 0.1) is 29.5 Å². The molecule has 1 aliphatic heterocycles. The summed E-state index contributed by atoms with van der Waals surface area (Å²) >= 11 is 0. The van der Waals surface area contributed by atoms with Crippen LogP contribution >= 0.6 is 0 Å². The molecular formula is C21H24FN5O2S. The first-order valence-corrected chi connectivity index (χ1v) is 11.7. The summed E-state index contributed by atoms with van der Waals surface area (Å²) in [6, 6.07) is 14.6. The highest BCUT2D eigenvalue weighted by molar-refractivity contribution is 7.92. The van der Waals surface area contributed by atoms with E-state index >= 15 is 0 Å². The molecule has 1 saturated heterocycles. The SMILES string of the molecule is CS(=O)(=O)Nc1cc(C2CCN(Cc3cn(-c4ccccc4)nn3)CC2)ccc1F. The third kappa shape index (κ3) is 5.03. The van der Waals surface area contributed by atoms with Gasteiger partial charge in [-0.1, -0.05) is 29.5 Å². The van der Waals surface area contributed by atoms with E-state index in [1.165, 1.54) is 6.07 Å². The van der Waals surface area contributed by atoms with E-state index in [1.807, 2.05) is 36.5 Å². The predicted molar refractivity (Wildman–Crippen MR) is 113 cm³/mol. The van der Waals surface area contributed by atoms with Crippen molar-refractivity contribution in [2.75, 3.05) is 24.1 Å². The third-order valence-corrected chi connectivity index (χ3v) is 5.88. The number of halogens is 1. The zero-order valence-corrected chi connectivity index (χ0v) is 17.5. The minimum Gasteiger partial charge on any atom is -0.297 e. The molecule has 1 fully saturated rings. The molecule has 4 rings (SSSR count). The molecule has 2 heterocycles. The molecule has 30 heavy (non-hydrogen) atoms. The summed E-state index contributed by atoms with van der Waals surface area (Å²) in [6.07, 6.45) is 4.80. The van der Waals surface area contributed by atoms with Gasteiger partial charge in [-0.3, -0.25) is 9.62 Å². The van der Waals surface area contributed by atoms with Crippen molar-refractivity contribution in [2.24, 2.45) is 0 Å². The van der Waals surface area contributed by atoms with Crippen molar-refractivity contribution in [1.82, 2.24) is 19.9 Å². The molecule has 1 aliphatic rings. The van der Waals surface area contributed by atoms with Gasteiger partial charge in [-0.15, -0.1) is 5.10 Å². The van der Waals surface area contributed by atoms with Crippen molar-refractivity contribution in [3.05, 3.63) is 71.8 Å². The molecule has 0 atom stereocenters. The number of nitrogens with one attached hydrogen (secondary N) is 1. The number of benzene rings is 2. The Morgan fingerprint density at radius 2 is 1.87 bits per heavy atom. The van der Waals surface area contributed by atoms with Crippen LogP contribution < -0.4 is 4.72 Å². The van der Waals surface area contributed by atoms with Gasteiger partial charge in [0.1, 0.15) is 5.82 Å². The van der Waals surface area contributed by atoms with Crippen molar-refractivity contribution in [3.63, 3.8) is 0 Å². The number of likely N-dealkylation sites (tertiary alicyclic amines) is 1. The minimum atomic E-state index is -3.52. The highest BCUT2D eigenvalue weighted by Gasteiger charge is 2.22.